The Balaban J connectivity index is 1.28. The Bertz CT molecular complexity index is 806. The van der Waals surface area contributed by atoms with E-state index in [1.165, 1.54) is 17.7 Å². The summed E-state index contributed by atoms with van der Waals surface area (Å²) in [5, 5.41) is 8.98. The Morgan fingerprint density at radius 3 is 2.35 bits per heavy atom. The summed E-state index contributed by atoms with van der Waals surface area (Å²) in [6, 6.07) is 4.45. The van der Waals surface area contributed by atoms with Crippen LogP contribution in [0.15, 0.2) is 18.5 Å². The topological polar surface area (TPSA) is 58.0 Å². The monoisotopic (exact) mass is 350 g/mol. The Kier molecular flexibility index (Phi) is 3.80. The zero-order chi connectivity index (χ0) is 17.7. The smallest absolute Gasteiger partial charge is 0.151 e. The maximum atomic E-state index is 4.53. The molecule has 0 saturated carbocycles. The van der Waals surface area contributed by atoms with Crippen LogP contribution in [0.5, 0.6) is 0 Å². The fourth-order valence-electron chi connectivity index (χ4n) is 4.69. The normalized spacial score (nSPS) is 24.4. The molecule has 2 aromatic rings. The lowest BCUT2D eigenvalue weighted by molar-refractivity contribution is 0.533. The standard InChI is InChI=1S/C20H26N6/c1-13(2)18-7-19(22-12-21-18)25-8-15-10-26(11-16(15)9-25)20-6-14-4-3-5-17(14)23-24-20/h6-7,12-13,15-16H,3-5,8-11H2,1-2H3. The van der Waals surface area contributed by atoms with Gasteiger partial charge in [0.15, 0.2) is 5.82 Å². The van der Waals surface area contributed by atoms with E-state index in [0.717, 1.165) is 56.4 Å². The number of fused-ring (bicyclic) bond motifs is 2. The second kappa shape index (κ2) is 6.18. The van der Waals surface area contributed by atoms with Gasteiger partial charge in [0.25, 0.3) is 0 Å². The fourth-order valence-corrected chi connectivity index (χ4v) is 4.69. The molecule has 2 atom stereocenters. The fraction of sp³-hybridized carbons (Fsp3) is 0.600. The Labute approximate surface area is 154 Å². The molecule has 0 radical (unpaired) electrons. The molecule has 0 N–H and O–H groups in total. The van der Waals surface area contributed by atoms with Gasteiger partial charge < -0.3 is 9.80 Å². The summed E-state index contributed by atoms with van der Waals surface area (Å²) in [7, 11) is 0. The lowest BCUT2D eigenvalue weighted by atomic mass is 10.0. The third kappa shape index (κ3) is 2.72. The van der Waals surface area contributed by atoms with Crippen LogP contribution < -0.4 is 9.80 Å². The minimum atomic E-state index is 0.438. The van der Waals surface area contributed by atoms with Gasteiger partial charge >= 0.3 is 0 Å². The number of aromatic nitrogens is 4. The van der Waals surface area contributed by atoms with Crippen molar-refractivity contribution in [3.63, 3.8) is 0 Å². The quantitative estimate of drug-likeness (QED) is 0.847. The van der Waals surface area contributed by atoms with Gasteiger partial charge in [0, 0.05) is 49.8 Å². The molecule has 6 heteroatoms. The Morgan fingerprint density at radius 2 is 1.62 bits per heavy atom. The van der Waals surface area contributed by atoms with Crippen LogP contribution in [0.25, 0.3) is 0 Å². The summed E-state index contributed by atoms with van der Waals surface area (Å²) in [6.45, 7) is 8.68. The van der Waals surface area contributed by atoms with Crippen LogP contribution in [0, 0.1) is 11.8 Å². The van der Waals surface area contributed by atoms with Crippen LogP contribution in [0.2, 0.25) is 0 Å². The Morgan fingerprint density at radius 1 is 0.885 bits per heavy atom. The molecule has 26 heavy (non-hydrogen) atoms. The summed E-state index contributed by atoms with van der Waals surface area (Å²) < 4.78 is 0. The molecule has 2 aliphatic heterocycles. The zero-order valence-corrected chi connectivity index (χ0v) is 15.6. The first-order valence-electron chi connectivity index (χ1n) is 9.84. The summed E-state index contributed by atoms with van der Waals surface area (Å²) in [4.78, 5) is 13.8. The SMILES string of the molecule is CC(C)c1cc(N2CC3CN(c4cc5c(nn4)CCC5)CC3C2)ncn1. The summed E-state index contributed by atoms with van der Waals surface area (Å²) >= 11 is 0. The van der Waals surface area contributed by atoms with Gasteiger partial charge in [-0.05, 0) is 36.8 Å². The van der Waals surface area contributed by atoms with Gasteiger partial charge in [-0.25, -0.2) is 9.97 Å². The molecule has 5 rings (SSSR count). The van der Waals surface area contributed by atoms with E-state index < -0.39 is 0 Å². The highest BCUT2D eigenvalue weighted by Gasteiger charge is 2.41. The van der Waals surface area contributed by atoms with E-state index in [1.807, 2.05) is 0 Å². The average Bonchev–Trinajstić information content (AvgIpc) is 3.35. The number of rotatable bonds is 3. The summed E-state index contributed by atoms with van der Waals surface area (Å²) in [6.07, 6.45) is 5.20. The highest BCUT2D eigenvalue weighted by Crippen LogP contribution is 2.36. The number of nitrogens with zero attached hydrogens (tertiary/aromatic N) is 6. The molecule has 2 aromatic heterocycles. The van der Waals surface area contributed by atoms with Crippen molar-refractivity contribution in [1.82, 2.24) is 20.2 Å². The molecule has 2 saturated heterocycles. The molecule has 4 heterocycles. The van der Waals surface area contributed by atoms with Gasteiger partial charge in [0.05, 0.1) is 5.69 Å². The largest absolute Gasteiger partial charge is 0.356 e. The highest BCUT2D eigenvalue weighted by molar-refractivity contribution is 5.47. The van der Waals surface area contributed by atoms with E-state index in [0.29, 0.717) is 17.8 Å². The molecule has 0 spiro atoms. The van der Waals surface area contributed by atoms with E-state index in [1.54, 1.807) is 6.33 Å². The van der Waals surface area contributed by atoms with Crippen molar-refractivity contribution in [3.05, 3.63) is 35.4 Å². The van der Waals surface area contributed by atoms with Crippen LogP contribution >= 0.6 is 0 Å². The van der Waals surface area contributed by atoms with Gasteiger partial charge in [-0.2, -0.15) is 5.10 Å². The summed E-state index contributed by atoms with van der Waals surface area (Å²) in [5.74, 6) is 3.97. The molecule has 136 valence electrons. The molecule has 3 aliphatic rings. The van der Waals surface area contributed by atoms with Gasteiger partial charge in [0.1, 0.15) is 12.1 Å². The Hall–Kier alpha value is -2.24. The molecule has 2 unspecified atom stereocenters. The summed E-state index contributed by atoms with van der Waals surface area (Å²) in [5.41, 5.74) is 3.75. The van der Waals surface area contributed by atoms with Crippen LogP contribution in [0.1, 0.15) is 43.1 Å². The lowest BCUT2D eigenvalue weighted by Gasteiger charge is -2.23. The van der Waals surface area contributed by atoms with E-state index in [2.05, 4.69) is 55.9 Å². The third-order valence-electron chi connectivity index (χ3n) is 6.21. The molecular formula is C20H26N6. The predicted molar refractivity (Wildman–Crippen MR) is 102 cm³/mol. The maximum Gasteiger partial charge on any atom is 0.151 e. The predicted octanol–water partition coefficient (Wildman–Crippen LogP) is 2.45. The van der Waals surface area contributed by atoms with Crippen molar-refractivity contribution in [1.29, 1.82) is 0 Å². The van der Waals surface area contributed by atoms with E-state index in [9.17, 15) is 0 Å². The number of hydrogen-bond donors (Lipinski definition) is 0. The second-order valence-corrected chi connectivity index (χ2v) is 8.31. The average molecular weight is 350 g/mol. The highest BCUT2D eigenvalue weighted by atomic mass is 15.3. The molecular weight excluding hydrogens is 324 g/mol. The van der Waals surface area contributed by atoms with Gasteiger partial charge in [-0.3, -0.25) is 0 Å². The minimum absolute atomic E-state index is 0.438. The van der Waals surface area contributed by atoms with E-state index in [4.69, 9.17) is 0 Å². The maximum absolute atomic E-state index is 4.53. The van der Waals surface area contributed by atoms with Crippen molar-refractivity contribution in [2.75, 3.05) is 36.0 Å². The minimum Gasteiger partial charge on any atom is -0.356 e. The number of hydrogen-bond acceptors (Lipinski definition) is 6. The molecule has 6 nitrogen and oxygen atoms in total. The van der Waals surface area contributed by atoms with Crippen LogP contribution in [-0.4, -0.2) is 46.3 Å². The first-order valence-corrected chi connectivity index (χ1v) is 9.84. The third-order valence-corrected chi connectivity index (χ3v) is 6.21. The first-order chi connectivity index (χ1) is 12.7. The molecule has 0 aromatic carbocycles. The van der Waals surface area contributed by atoms with Gasteiger partial charge in [0.2, 0.25) is 0 Å². The van der Waals surface area contributed by atoms with Crippen molar-refractivity contribution in [2.45, 2.75) is 39.0 Å². The molecule has 0 bridgehead atoms. The van der Waals surface area contributed by atoms with Gasteiger partial charge in [-0.1, -0.05) is 13.8 Å². The second-order valence-electron chi connectivity index (χ2n) is 8.31. The number of aryl methyl sites for hydroxylation is 2. The number of anilines is 2. The van der Waals surface area contributed by atoms with Crippen molar-refractivity contribution in [3.8, 4) is 0 Å². The van der Waals surface area contributed by atoms with Crippen molar-refractivity contribution >= 4 is 11.6 Å². The van der Waals surface area contributed by atoms with E-state index >= 15 is 0 Å². The molecule has 1 aliphatic carbocycles. The van der Waals surface area contributed by atoms with Gasteiger partial charge in [-0.15, -0.1) is 5.10 Å². The van der Waals surface area contributed by atoms with Crippen molar-refractivity contribution in [2.24, 2.45) is 11.8 Å². The van der Waals surface area contributed by atoms with Crippen molar-refractivity contribution < 1.29 is 0 Å². The molecule has 2 fully saturated rings. The first kappa shape index (κ1) is 16.0. The van der Waals surface area contributed by atoms with E-state index in [-0.39, 0.29) is 0 Å². The van der Waals surface area contributed by atoms with Crippen LogP contribution in [0.3, 0.4) is 0 Å². The van der Waals surface area contributed by atoms with Crippen LogP contribution in [0.4, 0.5) is 11.6 Å². The molecule has 0 amide bonds. The lowest BCUT2D eigenvalue weighted by Crippen LogP contribution is -2.30. The van der Waals surface area contributed by atoms with Crippen LogP contribution in [-0.2, 0) is 12.8 Å². The zero-order valence-electron chi connectivity index (χ0n) is 15.6.